The summed E-state index contributed by atoms with van der Waals surface area (Å²) in [7, 11) is 1.69. The van der Waals surface area contributed by atoms with Crippen LogP contribution in [0.1, 0.15) is 0 Å². The first kappa shape index (κ1) is 11.3. The van der Waals surface area contributed by atoms with E-state index in [2.05, 4.69) is 20.9 Å². The summed E-state index contributed by atoms with van der Waals surface area (Å²) in [4.78, 5) is 4.33. The molecule has 0 spiro atoms. The van der Waals surface area contributed by atoms with Gasteiger partial charge in [-0.1, -0.05) is 0 Å². The van der Waals surface area contributed by atoms with Crippen molar-refractivity contribution in [2.24, 2.45) is 7.05 Å². The van der Waals surface area contributed by atoms with E-state index >= 15 is 0 Å². The third-order valence-electron chi connectivity index (χ3n) is 2.99. The van der Waals surface area contributed by atoms with Crippen molar-refractivity contribution in [1.29, 1.82) is 0 Å². The maximum absolute atomic E-state index is 13.5. The van der Waals surface area contributed by atoms with E-state index < -0.39 is 5.82 Å². The van der Waals surface area contributed by atoms with Crippen LogP contribution in [-0.4, -0.2) is 14.7 Å². The number of anilines is 1. The van der Waals surface area contributed by atoms with Gasteiger partial charge in [0.25, 0.3) is 0 Å². The molecule has 6 heteroatoms. The molecule has 2 heterocycles. The molecule has 92 valence electrons. The first-order valence-electron chi connectivity index (χ1n) is 5.22. The minimum Gasteiger partial charge on any atom is -0.494 e. The topological polar surface area (TPSA) is 64.1 Å². The number of benzene rings is 1. The third kappa shape index (κ3) is 1.32. The number of hydrogen-bond acceptors (Lipinski definition) is 3. The van der Waals surface area contributed by atoms with Gasteiger partial charge in [0.05, 0.1) is 26.6 Å². The van der Waals surface area contributed by atoms with E-state index in [-0.39, 0.29) is 10.4 Å². The lowest BCUT2D eigenvalue weighted by atomic mass is 10.1. The highest BCUT2D eigenvalue weighted by molar-refractivity contribution is 9.10. The largest absolute Gasteiger partial charge is 0.494 e. The van der Waals surface area contributed by atoms with Crippen molar-refractivity contribution in [1.82, 2.24) is 9.55 Å². The van der Waals surface area contributed by atoms with Gasteiger partial charge >= 0.3 is 0 Å². The predicted molar refractivity (Wildman–Crippen MR) is 72.0 cm³/mol. The fourth-order valence-electron chi connectivity index (χ4n) is 2.06. The molecule has 0 aliphatic rings. The lowest BCUT2D eigenvalue weighted by molar-refractivity contribution is 0.438. The molecule has 4 nitrogen and oxygen atoms in total. The molecule has 0 radical (unpaired) electrons. The van der Waals surface area contributed by atoms with Gasteiger partial charge in [0, 0.05) is 18.6 Å². The van der Waals surface area contributed by atoms with Crippen LogP contribution in [0.2, 0.25) is 0 Å². The molecule has 0 aliphatic carbocycles. The van der Waals surface area contributed by atoms with Gasteiger partial charge in [0.15, 0.2) is 0 Å². The van der Waals surface area contributed by atoms with Crippen molar-refractivity contribution < 1.29 is 9.50 Å². The fraction of sp³-hybridized carbons (Fsp3) is 0.0833. The third-order valence-corrected chi connectivity index (χ3v) is 3.74. The Morgan fingerprint density at radius 3 is 2.89 bits per heavy atom. The van der Waals surface area contributed by atoms with Gasteiger partial charge in [-0.05, 0) is 28.1 Å². The second-order valence-corrected chi connectivity index (χ2v) is 4.90. The molecule has 0 aliphatic heterocycles. The molecule has 3 rings (SSSR count). The van der Waals surface area contributed by atoms with Gasteiger partial charge in [-0.3, -0.25) is 0 Å². The number of nitrogens with two attached hydrogens (primary N) is 1. The summed E-state index contributed by atoms with van der Waals surface area (Å²) >= 11 is 3.16. The molecular weight excluding hydrogens is 301 g/mol. The average molecular weight is 310 g/mol. The zero-order valence-corrected chi connectivity index (χ0v) is 11.0. The summed E-state index contributed by atoms with van der Waals surface area (Å²) in [5.41, 5.74) is 7.41. The standard InChI is InChI=1S/C12H9BrFN3O/c1-17-4-7-8(12(17)18)10(15)5-2-3-6(14)9(13)11(5)16-7/h2-4,18H,15H2,1H3. The second kappa shape index (κ2) is 3.58. The van der Waals surface area contributed by atoms with Crippen molar-refractivity contribution in [3.8, 4) is 5.88 Å². The van der Waals surface area contributed by atoms with Gasteiger partial charge in [-0.25, -0.2) is 9.37 Å². The Hall–Kier alpha value is -1.82. The Morgan fingerprint density at radius 1 is 1.44 bits per heavy atom. The van der Waals surface area contributed by atoms with Gasteiger partial charge in [0.1, 0.15) is 5.82 Å². The zero-order chi connectivity index (χ0) is 13.0. The van der Waals surface area contributed by atoms with Gasteiger partial charge < -0.3 is 15.4 Å². The molecule has 0 bridgehead atoms. The van der Waals surface area contributed by atoms with Crippen LogP contribution in [0.4, 0.5) is 10.1 Å². The van der Waals surface area contributed by atoms with Crippen molar-refractivity contribution in [2.45, 2.75) is 0 Å². The highest BCUT2D eigenvalue weighted by atomic mass is 79.9. The van der Waals surface area contributed by atoms with Crippen LogP contribution in [0.25, 0.3) is 21.8 Å². The molecule has 1 aromatic carbocycles. The van der Waals surface area contributed by atoms with Crippen molar-refractivity contribution in [2.75, 3.05) is 5.73 Å². The molecule has 0 saturated carbocycles. The minimum atomic E-state index is -0.395. The maximum atomic E-state index is 13.5. The van der Waals surface area contributed by atoms with Crippen LogP contribution in [0.3, 0.4) is 0 Å². The summed E-state index contributed by atoms with van der Waals surface area (Å²) in [6.45, 7) is 0. The number of pyridine rings is 1. The molecule has 0 saturated heterocycles. The number of aromatic hydroxyl groups is 1. The summed E-state index contributed by atoms with van der Waals surface area (Å²) in [5, 5.41) is 11.0. The normalized spacial score (nSPS) is 11.5. The smallest absolute Gasteiger partial charge is 0.202 e. The Kier molecular flexibility index (Phi) is 2.25. The molecule has 0 unspecified atom stereocenters. The molecule has 0 atom stereocenters. The second-order valence-electron chi connectivity index (χ2n) is 4.11. The molecule has 3 N–H and O–H groups in total. The fourth-order valence-corrected chi connectivity index (χ4v) is 2.50. The molecule has 18 heavy (non-hydrogen) atoms. The van der Waals surface area contributed by atoms with E-state index in [0.717, 1.165) is 0 Å². The Morgan fingerprint density at radius 2 is 2.17 bits per heavy atom. The summed E-state index contributed by atoms with van der Waals surface area (Å²) in [6, 6.07) is 2.87. The van der Waals surface area contributed by atoms with E-state index in [9.17, 15) is 9.50 Å². The van der Waals surface area contributed by atoms with E-state index in [1.807, 2.05) is 0 Å². The van der Waals surface area contributed by atoms with Crippen LogP contribution >= 0.6 is 15.9 Å². The van der Waals surface area contributed by atoms with Crippen LogP contribution in [0.15, 0.2) is 22.8 Å². The van der Waals surface area contributed by atoms with Crippen LogP contribution in [0, 0.1) is 5.82 Å². The molecule has 3 aromatic rings. The molecule has 2 aromatic heterocycles. The van der Waals surface area contributed by atoms with Crippen LogP contribution in [0.5, 0.6) is 5.88 Å². The Balaban J connectivity index is 2.60. The number of hydrogen-bond donors (Lipinski definition) is 2. The van der Waals surface area contributed by atoms with Crippen molar-refractivity contribution >= 4 is 43.4 Å². The number of rotatable bonds is 0. The van der Waals surface area contributed by atoms with E-state index in [1.54, 1.807) is 19.3 Å². The predicted octanol–water partition coefficient (Wildman–Crippen LogP) is 2.92. The van der Waals surface area contributed by atoms with Crippen LogP contribution < -0.4 is 5.73 Å². The average Bonchev–Trinajstić information content (AvgIpc) is 2.61. The summed E-state index contributed by atoms with van der Waals surface area (Å²) in [5.74, 6) is -0.341. The van der Waals surface area contributed by atoms with Gasteiger partial charge in [0.2, 0.25) is 5.88 Å². The summed E-state index contributed by atoms with van der Waals surface area (Å²) in [6.07, 6.45) is 1.65. The van der Waals surface area contributed by atoms with Crippen molar-refractivity contribution in [3.63, 3.8) is 0 Å². The number of nitrogen functional groups attached to an aromatic ring is 1. The Bertz CT molecular complexity index is 797. The number of nitrogens with zero attached hydrogens (tertiary/aromatic N) is 2. The number of fused-ring (bicyclic) bond motifs is 2. The van der Waals surface area contributed by atoms with Gasteiger partial charge in [-0.2, -0.15) is 0 Å². The number of aryl methyl sites for hydroxylation is 1. The van der Waals surface area contributed by atoms with E-state index in [4.69, 9.17) is 5.73 Å². The summed E-state index contributed by atoms with van der Waals surface area (Å²) < 4.78 is 15.3. The highest BCUT2D eigenvalue weighted by Crippen LogP contribution is 2.37. The monoisotopic (exact) mass is 309 g/mol. The minimum absolute atomic E-state index is 0.0531. The SMILES string of the molecule is Cn1cc2nc3c(Br)c(F)ccc3c(N)c2c1O. The number of halogens is 2. The maximum Gasteiger partial charge on any atom is 0.202 e. The highest BCUT2D eigenvalue weighted by Gasteiger charge is 2.16. The molecular formula is C12H9BrFN3O. The quantitative estimate of drug-likeness (QED) is 0.671. The van der Waals surface area contributed by atoms with Gasteiger partial charge in [-0.15, -0.1) is 0 Å². The Labute approximate surface area is 110 Å². The van der Waals surface area contributed by atoms with Crippen LogP contribution in [-0.2, 0) is 7.05 Å². The zero-order valence-electron chi connectivity index (χ0n) is 9.41. The van der Waals surface area contributed by atoms with E-state index in [1.165, 1.54) is 10.6 Å². The number of aromatic nitrogens is 2. The molecule has 0 fully saturated rings. The van der Waals surface area contributed by atoms with Crippen molar-refractivity contribution in [3.05, 3.63) is 28.6 Å². The first-order chi connectivity index (χ1) is 8.50. The first-order valence-corrected chi connectivity index (χ1v) is 6.01. The lowest BCUT2D eigenvalue weighted by Crippen LogP contribution is -1.93. The van der Waals surface area contributed by atoms with E-state index in [0.29, 0.717) is 27.5 Å². The lowest BCUT2D eigenvalue weighted by Gasteiger charge is -2.06. The molecule has 0 amide bonds.